The van der Waals surface area contributed by atoms with Gasteiger partial charge in [-0.15, -0.1) is 0 Å². The Bertz CT molecular complexity index is 1050. The van der Waals surface area contributed by atoms with Gasteiger partial charge >= 0.3 is 12.1 Å². The van der Waals surface area contributed by atoms with Crippen LogP contribution >= 0.6 is 0 Å². The Morgan fingerprint density at radius 2 is 1.72 bits per heavy atom. The minimum absolute atomic E-state index is 0.0657. The second kappa shape index (κ2) is 7.90. The summed E-state index contributed by atoms with van der Waals surface area (Å²) in [6.45, 7) is -1.66. The van der Waals surface area contributed by atoms with E-state index < -0.39 is 42.8 Å². The van der Waals surface area contributed by atoms with Gasteiger partial charge in [-0.1, -0.05) is 24.3 Å². The van der Waals surface area contributed by atoms with Crippen molar-refractivity contribution in [2.45, 2.75) is 19.3 Å². The number of aromatic nitrogens is 2. The molecule has 0 unspecified atom stereocenters. The number of carbonyl (C=O) groups is 2. The molecule has 0 radical (unpaired) electrons. The van der Waals surface area contributed by atoms with Gasteiger partial charge in [0.1, 0.15) is 18.9 Å². The molecule has 1 amide bonds. The van der Waals surface area contributed by atoms with Crippen LogP contribution in [0.25, 0.3) is 11.0 Å². The van der Waals surface area contributed by atoms with Crippen LogP contribution in [-0.4, -0.2) is 38.0 Å². The van der Waals surface area contributed by atoms with Crippen LogP contribution in [0.15, 0.2) is 48.5 Å². The fourth-order valence-electron chi connectivity index (χ4n) is 2.89. The smallest absolute Gasteiger partial charge is 0.449 e. The predicted octanol–water partition coefficient (Wildman–Crippen LogP) is 3.31. The molecular formula is C19H15F4N3O3. The van der Waals surface area contributed by atoms with E-state index >= 15 is 0 Å². The van der Waals surface area contributed by atoms with Crippen LogP contribution in [0.1, 0.15) is 11.4 Å². The molecule has 2 aromatic carbocycles. The number of nitrogens with zero attached hydrogens (tertiary/aromatic N) is 3. The molecule has 0 aliphatic rings. The van der Waals surface area contributed by atoms with Gasteiger partial charge in [0, 0.05) is 6.54 Å². The number of carboxylic acid groups (broad SMARTS) is 1. The van der Waals surface area contributed by atoms with Crippen LogP contribution in [0.3, 0.4) is 0 Å². The van der Waals surface area contributed by atoms with Gasteiger partial charge in [0.15, 0.2) is 0 Å². The molecule has 0 aliphatic carbocycles. The van der Waals surface area contributed by atoms with E-state index in [4.69, 9.17) is 5.11 Å². The number of rotatable bonds is 6. The van der Waals surface area contributed by atoms with Gasteiger partial charge in [0.2, 0.25) is 11.7 Å². The summed E-state index contributed by atoms with van der Waals surface area (Å²) in [6.07, 6.45) is -4.80. The highest BCUT2D eigenvalue weighted by Crippen LogP contribution is 2.31. The second-order valence-electron chi connectivity index (χ2n) is 6.28. The van der Waals surface area contributed by atoms with Gasteiger partial charge in [0.25, 0.3) is 0 Å². The molecule has 10 heteroatoms. The molecular weight excluding hydrogens is 394 g/mol. The van der Waals surface area contributed by atoms with E-state index in [0.29, 0.717) is 5.56 Å². The molecule has 0 saturated heterocycles. The van der Waals surface area contributed by atoms with Crippen molar-refractivity contribution >= 4 is 22.9 Å². The minimum atomic E-state index is -4.80. The van der Waals surface area contributed by atoms with Crippen molar-refractivity contribution < 1.29 is 32.3 Å². The molecule has 0 aliphatic heterocycles. The van der Waals surface area contributed by atoms with Crippen LogP contribution in [0.5, 0.6) is 0 Å². The van der Waals surface area contributed by atoms with Crippen molar-refractivity contribution in [2.75, 3.05) is 6.54 Å². The van der Waals surface area contributed by atoms with E-state index in [9.17, 15) is 27.2 Å². The maximum atomic E-state index is 13.4. The molecule has 0 saturated carbocycles. The summed E-state index contributed by atoms with van der Waals surface area (Å²) < 4.78 is 54.0. The summed E-state index contributed by atoms with van der Waals surface area (Å²) in [5.74, 6) is -3.92. The van der Waals surface area contributed by atoms with Crippen molar-refractivity contribution in [1.29, 1.82) is 0 Å². The van der Waals surface area contributed by atoms with Crippen LogP contribution in [-0.2, 0) is 28.9 Å². The maximum Gasteiger partial charge on any atom is 0.449 e. The lowest BCUT2D eigenvalue weighted by molar-refractivity contribution is -0.150. The van der Waals surface area contributed by atoms with Crippen LogP contribution in [0, 0.1) is 5.82 Å². The van der Waals surface area contributed by atoms with E-state index in [2.05, 4.69) is 4.98 Å². The fraction of sp³-hybridized carbons (Fsp3) is 0.211. The second-order valence-corrected chi connectivity index (χ2v) is 6.28. The standard InChI is InChI=1S/C19H15F4N3O3/c20-13-7-5-12(6-8-13)9-25(11-17(28)29)16(27)10-26-15-4-2-1-3-14(15)24-18(26)19(21,22)23/h1-8H,9-11H2,(H,28,29). The lowest BCUT2D eigenvalue weighted by atomic mass is 10.2. The van der Waals surface area contributed by atoms with Gasteiger partial charge in [-0.3, -0.25) is 9.59 Å². The summed E-state index contributed by atoms with van der Waals surface area (Å²) in [5, 5.41) is 9.08. The number of alkyl halides is 3. The van der Waals surface area contributed by atoms with Crippen molar-refractivity contribution in [1.82, 2.24) is 14.5 Å². The van der Waals surface area contributed by atoms with E-state index in [0.717, 1.165) is 21.6 Å². The first-order valence-electron chi connectivity index (χ1n) is 8.41. The van der Waals surface area contributed by atoms with Crippen molar-refractivity contribution in [3.05, 3.63) is 65.7 Å². The SMILES string of the molecule is O=C(O)CN(Cc1ccc(F)cc1)C(=O)Cn1c(C(F)(F)F)nc2ccccc21. The number of amides is 1. The summed E-state index contributed by atoms with van der Waals surface area (Å²) >= 11 is 0. The van der Waals surface area contributed by atoms with Crippen molar-refractivity contribution in [3.8, 4) is 0 Å². The molecule has 0 fully saturated rings. The van der Waals surface area contributed by atoms with Gasteiger partial charge in [-0.2, -0.15) is 13.2 Å². The van der Waals surface area contributed by atoms with Crippen molar-refractivity contribution in [2.24, 2.45) is 0 Å². The Morgan fingerprint density at radius 3 is 2.34 bits per heavy atom. The number of halogens is 4. The lowest BCUT2D eigenvalue weighted by Crippen LogP contribution is -2.38. The van der Waals surface area contributed by atoms with Gasteiger partial charge in [-0.25, -0.2) is 9.37 Å². The topological polar surface area (TPSA) is 75.4 Å². The monoisotopic (exact) mass is 409 g/mol. The summed E-state index contributed by atoms with van der Waals surface area (Å²) in [4.78, 5) is 28.3. The maximum absolute atomic E-state index is 13.4. The zero-order valence-electron chi connectivity index (χ0n) is 14.9. The third kappa shape index (κ3) is 4.71. The highest BCUT2D eigenvalue weighted by molar-refractivity contribution is 5.83. The Kier molecular flexibility index (Phi) is 5.53. The molecule has 29 heavy (non-hydrogen) atoms. The molecule has 1 aromatic heterocycles. The molecule has 0 spiro atoms. The first-order chi connectivity index (χ1) is 13.6. The minimum Gasteiger partial charge on any atom is -0.480 e. The molecule has 1 N–H and O–H groups in total. The van der Waals surface area contributed by atoms with E-state index in [1.807, 2.05) is 0 Å². The van der Waals surface area contributed by atoms with Crippen LogP contribution in [0.4, 0.5) is 17.6 Å². The lowest BCUT2D eigenvalue weighted by Gasteiger charge is -2.22. The third-order valence-corrected chi connectivity index (χ3v) is 4.17. The molecule has 0 atom stereocenters. The zero-order valence-corrected chi connectivity index (χ0v) is 14.9. The number of carbonyl (C=O) groups excluding carboxylic acids is 1. The number of imidazole rings is 1. The summed E-state index contributed by atoms with van der Waals surface area (Å²) in [5.41, 5.74) is 0.605. The van der Waals surface area contributed by atoms with E-state index in [1.54, 1.807) is 0 Å². The van der Waals surface area contributed by atoms with E-state index in [-0.39, 0.29) is 17.6 Å². The van der Waals surface area contributed by atoms with E-state index in [1.165, 1.54) is 36.4 Å². The highest BCUT2D eigenvalue weighted by Gasteiger charge is 2.38. The number of fused-ring (bicyclic) bond motifs is 1. The Morgan fingerprint density at radius 1 is 1.07 bits per heavy atom. The Hall–Kier alpha value is -3.43. The molecule has 3 aromatic rings. The predicted molar refractivity (Wildman–Crippen MR) is 94.2 cm³/mol. The third-order valence-electron chi connectivity index (χ3n) is 4.17. The van der Waals surface area contributed by atoms with Crippen LogP contribution < -0.4 is 0 Å². The number of aliphatic carboxylic acids is 1. The Balaban J connectivity index is 1.93. The average Bonchev–Trinajstić information content (AvgIpc) is 3.01. The first kappa shape index (κ1) is 20.3. The number of hydrogen-bond acceptors (Lipinski definition) is 3. The van der Waals surface area contributed by atoms with Gasteiger partial charge in [0.05, 0.1) is 11.0 Å². The largest absolute Gasteiger partial charge is 0.480 e. The number of benzene rings is 2. The quantitative estimate of drug-likeness (QED) is 0.634. The highest BCUT2D eigenvalue weighted by atomic mass is 19.4. The van der Waals surface area contributed by atoms with Gasteiger partial charge in [-0.05, 0) is 29.8 Å². The summed E-state index contributed by atoms with van der Waals surface area (Å²) in [6, 6.07) is 10.8. The average molecular weight is 409 g/mol. The molecule has 3 rings (SSSR count). The summed E-state index contributed by atoms with van der Waals surface area (Å²) in [7, 11) is 0. The number of hydrogen-bond donors (Lipinski definition) is 1. The molecule has 1 heterocycles. The molecule has 6 nitrogen and oxygen atoms in total. The van der Waals surface area contributed by atoms with Crippen molar-refractivity contribution in [3.63, 3.8) is 0 Å². The fourth-order valence-corrected chi connectivity index (χ4v) is 2.89. The number of para-hydroxylation sites is 2. The van der Waals surface area contributed by atoms with Crippen LogP contribution in [0.2, 0.25) is 0 Å². The molecule has 0 bridgehead atoms. The molecule has 152 valence electrons. The van der Waals surface area contributed by atoms with Gasteiger partial charge < -0.3 is 14.6 Å². The zero-order chi connectivity index (χ0) is 21.2. The first-order valence-corrected chi connectivity index (χ1v) is 8.41. The Labute approximate surface area is 162 Å². The number of carboxylic acids is 1. The normalized spacial score (nSPS) is 11.6.